The van der Waals surface area contributed by atoms with Crippen molar-refractivity contribution >= 4 is 5.97 Å². The van der Waals surface area contributed by atoms with Crippen molar-refractivity contribution in [3.05, 3.63) is 0 Å². The first-order valence-electron chi connectivity index (χ1n) is 11.6. The van der Waals surface area contributed by atoms with E-state index in [1.807, 2.05) is 0 Å². The molecule has 0 aromatic carbocycles. The van der Waals surface area contributed by atoms with E-state index in [9.17, 15) is 4.79 Å². The normalized spacial score (nSPS) is 11.0. The van der Waals surface area contributed by atoms with Gasteiger partial charge in [0.05, 0.1) is 6.61 Å². The summed E-state index contributed by atoms with van der Waals surface area (Å²) >= 11 is 0. The standard InChI is InChI=1S/C23H46O3/c1-2-3-4-5-6-7-8-9-10-11-12-13-14-15-16-19-22-26-23(25)20-17-18-21-24/h24H,2-22H2,1H3. The van der Waals surface area contributed by atoms with Gasteiger partial charge in [0.25, 0.3) is 0 Å². The predicted octanol–water partition coefficient (Wildman–Crippen LogP) is 6.95. The van der Waals surface area contributed by atoms with Crippen LogP contribution in [0.3, 0.4) is 0 Å². The van der Waals surface area contributed by atoms with E-state index < -0.39 is 0 Å². The SMILES string of the molecule is CCCCCCCCCCCCCCCCCCOC(=O)CCCCO. The number of unbranched alkanes of at least 4 members (excludes halogenated alkanes) is 16. The van der Waals surface area contributed by atoms with E-state index in [-0.39, 0.29) is 12.6 Å². The van der Waals surface area contributed by atoms with Crippen molar-refractivity contribution in [3.63, 3.8) is 0 Å². The van der Waals surface area contributed by atoms with Crippen LogP contribution in [0.4, 0.5) is 0 Å². The molecule has 0 aromatic rings. The number of hydrogen-bond acceptors (Lipinski definition) is 3. The minimum Gasteiger partial charge on any atom is -0.466 e. The summed E-state index contributed by atoms with van der Waals surface area (Å²) in [6, 6.07) is 0. The zero-order valence-corrected chi connectivity index (χ0v) is 17.6. The van der Waals surface area contributed by atoms with Crippen molar-refractivity contribution in [2.45, 2.75) is 129 Å². The molecule has 3 nitrogen and oxygen atoms in total. The second kappa shape index (κ2) is 22.5. The molecule has 1 N–H and O–H groups in total. The number of esters is 1. The van der Waals surface area contributed by atoms with Crippen LogP contribution in [0.25, 0.3) is 0 Å². The number of carbonyl (C=O) groups is 1. The van der Waals surface area contributed by atoms with Crippen LogP contribution in [0.1, 0.15) is 129 Å². The molecule has 0 amide bonds. The van der Waals surface area contributed by atoms with Crippen molar-refractivity contribution < 1.29 is 14.6 Å². The molecule has 0 fully saturated rings. The average molecular weight is 371 g/mol. The lowest BCUT2D eigenvalue weighted by molar-refractivity contribution is -0.143. The minimum atomic E-state index is -0.112. The average Bonchev–Trinajstić information content (AvgIpc) is 2.64. The Hall–Kier alpha value is -0.570. The van der Waals surface area contributed by atoms with Crippen molar-refractivity contribution in [2.75, 3.05) is 13.2 Å². The van der Waals surface area contributed by atoms with E-state index in [0.717, 1.165) is 12.8 Å². The number of hydrogen-bond donors (Lipinski definition) is 1. The molecular formula is C23H46O3. The van der Waals surface area contributed by atoms with E-state index in [0.29, 0.717) is 19.4 Å². The van der Waals surface area contributed by atoms with Crippen molar-refractivity contribution in [2.24, 2.45) is 0 Å². The Kier molecular flexibility index (Phi) is 22.0. The van der Waals surface area contributed by atoms with Crippen LogP contribution >= 0.6 is 0 Å². The maximum Gasteiger partial charge on any atom is 0.305 e. The monoisotopic (exact) mass is 370 g/mol. The van der Waals surface area contributed by atoms with Crippen LogP contribution in [-0.2, 0) is 9.53 Å². The summed E-state index contributed by atoms with van der Waals surface area (Å²) < 4.78 is 5.19. The summed E-state index contributed by atoms with van der Waals surface area (Å²) in [7, 11) is 0. The van der Waals surface area contributed by atoms with E-state index in [2.05, 4.69) is 6.92 Å². The van der Waals surface area contributed by atoms with E-state index in [4.69, 9.17) is 9.84 Å². The molecule has 156 valence electrons. The molecular weight excluding hydrogens is 324 g/mol. The fourth-order valence-corrected chi connectivity index (χ4v) is 3.29. The maximum absolute atomic E-state index is 11.4. The van der Waals surface area contributed by atoms with Crippen LogP contribution < -0.4 is 0 Å². The number of rotatable bonds is 21. The smallest absolute Gasteiger partial charge is 0.305 e. The topological polar surface area (TPSA) is 46.5 Å². The third kappa shape index (κ3) is 21.5. The Balaban J connectivity index is 3.06. The number of aliphatic hydroxyl groups excluding tert-OH is 1. The Morgan fingerprint density at radius 1 is 0.615 bits per heavy atom. The fourth-order valence-electron chi connectivity index (χ4n) is 3.29. The zero-order valence-electron chi connectivity index (χ0n) is 17.6. The molecule has 0 aliphatic carbocycles. The summed E-state index contributed by atoms with van der Waals surface area (Å²) in [6.07, 6.45) is 23.6. The van der Waals surface area contributed by atoms with Gasteiger partial charge in [-0.2, -0.15) is 0 Å². The first kappa shape index (κ1) is 25.4. The summed E-state index contributed by atoms with van der Waals surface area (Å²) in [4.78, 5) is 11.4. The summed E-state index contributed by atoms with van der Waals surface area (Å²) in [6.45, 7) is 3.00. The summed E-state index contributed by atoms with van der Waals surface area (Å²) in [5.41, 5.74) is 0. The van der Waals surface area contributed by atoms with E-state index >= 15 is 0 Å². The highest BCUT2D eigenvalue weighted by atomic mass is 16.5. The fraction of sp³-hybridized carbons (Fsp3) is 0.957. The second-order valence-corrected chi connectivity index (χ2v) is 7.70. The van der Waals surface area contributed by atoms with Crippen molar-refractivity contribution in [1.29, 1.82) is 0 Å². The third-order valence-corrected chi connectivity index (χ3v) is 5.05. The molecule has 0 spiro atoms. The molecule has 0 unspecified atom stereocenters. The van der Waals surface area contributed by atoms with Gasteiger partial charge in [0.1, 0.15) is 0 Å². The summed E-state index contributed by atoms with van der Waals surface area (Å²) in [5, 5.41) is 8.66. The second-order valence-electron chi connectivity index (χ2n) is 7.70. The van der Waals surface area contributed by atoms with Gasteiger partial charge >= 0.3 is 5.97 Å². The molecule has 0 heterocycles. The highest BCUT2D eigenvalue weighted by Gasteiger charge is 2.01. The largest absolute Gasteiger partial charge is 0.466 e. The van der Waals surface area contributed by atoms with Crippen molar-refractivity contribution in [3.8, 4) is 0 Å². The Labute approximate surface area is 163 Å². The molecule has 0 aliphatic heterocycles. The molecule has 26 heavy (non-hydrogen) atoms. The highest BCUT2D eigenvalue weighted by Crippen LogP contribution is 2.13. The predicted molar refractivity (Wildman–Crippen MR) is 111 cm³/mol. The first-order valence-corrected chi connectivity index (χ1v) is 11.6. The van der Waals surface area contributed by atoms with Gasteiger partial charge in [-0.3, -0.25) is 4.79 Å². The van der Waals surface area contributed by atoms with E-state index in [1.165, 1.54) is 96.3 Å². The molecule has 0 atom stereocenters. The molecule has 0 rings (SSSR count). The molecule has 3 heteroatoms. The number of ether oxygens (including phenoxy) is 1. The van der Waals surface area contributed by atoms with Gasteiger partial charge in [-0.05, 0) is 19.3 Å². The lowest BCUT2D eigenvalue weighted by Gasteiger charge is -2.05. The molecule has 0 saturated heterocycles. The highest BCUT2D eigenvalue weighted by molar-refractivity contribution is 5.69. The van der Waals surface area contributed by atoms with Gasteiger partial charge in [0.2, 0.25) is 0 Å². The Morgan fingerprint density at radius 3 is 1.46 bits per heavy atom. The van der Waals surface area contributed by atoms with Gasteiger partial charge in [-0.25, -0.2) is 0 Å². The number of carbonyl (C=O) groups excluding carboxylic acids is 1. The van der Waals surface area contributed by atoms with Crippen LogP contribution in [0, 0.1) is 0 Å². The number of aliphatic hydroxyl groups is 1. The van der Waals surface area contributed by atoms with Gasteiger partial charge in [0.15, 0.2) is 0 Å². The lowest BCUT2D eigenvalue weighted by atomic mass is 10.0. The molecule has 0 aromatic heterocycles. The Morgan fingerprint density at radius 2 is 1.04 bits per heavy atom. The van der Waals surface area contributed by atoms with Gasteiger partial charge in [-0.1, -0.05) is 103 Å². The zero-order chi connectivity index (χ0) is 19.1. The van der Waals surface area contributed by atoms with Crippen LogP contribution in [0.15, 0.2) is 0 Å². The van der Waals surface area contributed by atoms with Crippen molar-refractivity contribution in [1.82, 2.24) is 0 Å². The Bertz CT molecular complexity index is 279. The van der Waals surface area contributed by atoms with E-state index in [1.54, 1.807) is 0 Å². The molecule has 0 saturated carbocycles. The van der Waals surface area contributed by atoms with Crippen LogP contribution in [0.5, 0.6) is 0 Å². The molecule has 0 radical (unpaired) electrons. The van der Waals surface area contributed by atoms with Crippen LogP contribution in [0.2, 0.25) is 0 Å². The quantitative estimate of drug-likeness (QED) is 0.175. The first-order chi connectivity index (χ1) is 12.8. The molecule has 0 bridgehead atoms. The van der Waals surface area contributed by atoms with Crippen LogP contribution in [-0.4, -0.2) is 24.3 Å². The molecule has 0 aliphatic rings. The minimum absolute atomic E-state index is 0.112. The lowest BCUT2D eigenvalue weighted by Crippen LogP contribution is -2.05. The van der Waals surface area contributed by atoms with Gasteiger partial charge in [-0.15, -0.1) is 0 Å². The van der Waals surface area contributed by atoms with Gasteiger partial charge in [0, 0.05) is 13.0 Å². The third-order valence-electron chi connectivity index (χ3n) is 5.05. The summed E-state index contributed by atoms with van der Waals surface area (Å²) in [5.74, 6) is -0.112. The van der Waals surface area contributed by atoms with Gasteiger partial charge < -0.3 is 9.84 Å². The maximum atomic E-state index is 11.4.